The number of anilines is 1. The van der Waals surface area contributed by atoms with Gasteiger partial charge in [0, 0.05) is 33.7 Å². The minimum absolute atomic E-state index is 0.00528. The first-order chi connectivity index (χ1) is 7.02. The maximum absolute atomic E-state index is 11.9. The quantitative estimate of drug-likeness (QED) is 0.744. The van der Waals surface area contributed by atoms with Gasteiger partial charge in [-0.15, -0.1) is 0 Å². The van der Waals surface area contributed by atoms with Gasteiger partial charge in [-0.3, -0.25) is 4.79 Å². The van der Waals surface area contributed by atoms with Crippen molar-refractivity contribution in [1.29, 1.82) is 0 Å². The van der Waals surface area contributed by atoms with E-state index in [9.17, 15) is 4.79 Å². The third kappa shape index (κ3) is 1.45. The first-order valence-corrected chi connectivity index (χ1v) is 5.36. The lowest BCUT2D eigenvalue weighted by Crippen LogP contribution is -2.18. The molecule has 3 nitrogen and oxygen atoms in total. The van der Waals surface area contributed by atoms with E-state index < -0.39 is 0 Å². The summed E-state index contributed by atoms with van der Waals surface area (Å²) in [5.74, 6) is 0. The Morgan fingerprint density at radius 3 is 2.67 bits per heavy atom. The van der Waals surface area contributed by atoms with Crippen molar-refractivity contribution in [3.8, 4) is 0 Å². The van der Waals surface area contributed by atoms with Crippen molar-refractivity contribution in [3.63, 3.8) is 0 Å². The molecular weight excluding hydrogens is 256 g/mol. The summed E-state index contributed by atoms with van der Waals surface area (Å²) in [5.41, 5.74) is 7.34. The summed E-state index contributed by atoms with van der Waals surface area (Å²) in [4.78, 5) is 11.9. The highest BCUT2D eigenvalue weighted by Gasteiger charge is 2.08. The largest absolute Gasteiger partial charge is 0.398 e. The van der Waals surface area contributed by atoms with Crippen molar-refractivity contribution in [1.82, 2.24) is 4.57 Å². The van der Waals surface area contributed by atoms with E-state index in [0.717, 1.165) is 15.6 Å². The van der Waals surface area contributed by atoms with Gasteiger partial charge in [0.25, 0.3) is 5.56 Å². The van der Waals surface area contributed by atoms with Crippen LogP contribution in [0.25, 0.3) is 10.8 Å². The van der Waals surface area contributed by atoms with Crippen molar-refractivity contribution >= 4 is 32.4 Å². The lowest BCUT2D eigenvalue weighted by molar-refractivity contribution is 0.830. The number of rotatable bonds is 0. The number of aryl methyl sites for hydroxylation is 1. The minimum Gasteiger partial charge on any atom is -0.398 e. The summed E-state index contributed by atoms with van der Waals surface area (Å²) in [6, 6.07) is 5.46. The second-order valence-corrected chi connectivity index (χ2v) is 4.37. The fraction of sp³-hybridized carbons (Fsp3) is 0.182. The molecule has 2 rings (SSSR count). The molecule has 0 aliphatic carbocycles. The van der Waals surface area contributed by atoms with Crippen molar-refractivity contribution in [2.45, 2.75) is 6.92 Å². The van der Waals surface area contributed by atoms with E-state index in [0.29, 0.717) is 11.1 Å². The summed E-state index contributed by atoms with van der Waals surface area (Å²) in [7, 11) is 1.77. The molecular formula is C11H11BrN2O. The van der Waals surface area contributed by atoms with E-state index in [4.69, 9.17) is 5.73 Å². The zero-order valence-corrected chi connectivity index (χ0v) is 10.1. The summed E-state index contributed by atoms with van der Waals surface area (Å²) in [5, 5.41) is 1.56. The van der Waals surface area contributed by atoms with Crippen LogP contribution in [0.1, 0.15) is 5.69 Å². The fourth-order valence-electron chi connectivity index (χ4n) is 1.58. The molecule has 0 aliphatic heterocycles. The van der Waals surface area contributed by atoms with Crippen molar-refractivity contribution in [2.75, 3.05) is 5.73 Å². The van der Waals surface area contributed by atoms with E-state index in [1.807, 2.05) is 13.0 Å². The topological polar surface area (TPSA) is 48.0 Å². The molecule has 0 spiro atoms. The number of pyridine rings is 1. The van der Waals surface area contributed by atoms with Crippen LogP contribution in [0.5, 0.6) is 0 Å². The van der Waals surface area contributed by atoms with Crippen LogP contribution in [-0.2, 0) is 7.05 Å². The first-order valence-electron chi connectivity index (χ1n) is 4.56. The van der Waals surface area contributed by atoms with Gasteiger partial charge in [0.1, 0.15) is 0 Å². The second-order valence-electron chi connectivity index (χ2n) is 3.58. The third-order valence-electron chi connectivity index (χ3n) is 2.63. The molecule has 1 heterocycles. The summed E-state index contributed by atoms with van der Waals surface area (Å²) >= 11 is 3.40. The van der Waals surface area contributed by atoms with Gasteiger partial charge in [-0.2, -0.15) is 0 Å². The van der Waals surface area contributed by atoms with Gasteiger partial charge >= 0.3 is 0 Å². The summed E-state index contributed by atoms with van der Waals surface area (Å²) < 4.78 is 2.42. The molecule has 0 saturated carbocycles. The molecule has 0 bridgehead atoms. The number of nitrogens with two attached hydrogens (primary N) is 1. The Bertz CT molecular complexity index is 602. The van der Waals surface area contributed by atoms with Gasteiger partial charge in [0.2, 0.25) is 0 Å². The van der Waals surface area contributed by atoms with Gasteiger partial charge in [0.15, 0.2) is 0 Å². The van der Waals surface area contributed by atoms with Crippen LogP contribution in [0.3, 0.4) is 0 Å². The zero-order valence-electron chi connectivity index (χ0n) is 8.54. The zero-order chi connectivity index (χ0) is 11.2. The Hall–Kier alpha value is -1.29. The van der Waals surface area contributed by atoms with E-state index >= 15 is 0 Å². The molecule has 0 amide bonds. The predicted octanol–water partition coefficient (Wildman–Crippen LogP) is 2.19. The van der Waals surface area contributed by atoms with Crippen LogP contribution >= 0.6 is 15.9 Å². The SMILES string of the molecule is Cc1cc2c(Br)c(N)ccc2c(=O)n1C. The molecule has 0 aliphatic rings. The Balaban J connectivity index is 3.06. The van der Waals surface area contributed by atoms with E-state index in [2.05, 4.69) is 15.9 Å². The number of halogens is 1. The standard InChI is InChI=1S/C11H11BrN2O/c1-6-5-8-7(11(15)14(6)2)3-4-9(13)10(8)12/h3-5H,13H2,1-2H3. The summed E-state index contributed by atoms with van der Waals surface area (Å²) in [6.45, 7) is 1.90. The Labute approximate surface area is 95.6 Å². The lowest BCUT2D eigenvalue weighted by Gasteiger charge is -2.08. The van der Waals surface area contributed by atoms with Gasteiger partial charge in [-0.1, -0.05) is 0 Å². The molecule has 0 atom stereocenters. The number of aromatic nitrogens is 1. The van der Waals surface area contributed by atoms with Gasteiger partial charge in [0.05, 0.1) is 0 Å². The molecule has 2 N–H and O–H groups in total. The highest BCUT2D eigenvalue weighted by atomic mass is 79.9. The summed E-state index contributed by atoms with van der Waals surface area (Å²) in [6.07, 6.45) is 0. The third-order valence-corrected chi connectivity index (χ3v) is 3.51. The molecule has 78 valence electrons. The molecule has 2 aromatic rings. The number of nitrogens with zero attached hydrogens (tertiary/aromatic N) is 1. The fourth-order valence-corrected chi connectivity index (χ4v) is 2.04. The average molecular weight is 267 g/mol. The number of benzene rings is 1. The van der Waals surface area contributed by atoms with Gasteiger partial charge in [-0.25, -0.2) is 0 Å². The molecule has 0 fully saturated rings. The van der Waals surface area contributed by atoms with Gasteiger partial charge < -0.3 is 10.3 Å². The second kappa shape index (κ2) is 3.38. The Morgan fingerprint density at radius 1 is 1.33 bits per heavy atom. The highest BCUT2D eigenvalue weighted by molar-refractivity contribution is 9.10. The number of hydrogen-bond acceptors (Lipinski definition) is 2. The number of hydrogen-bond donors (Lipinski definition) is 1. The smallest absolute Gasteiger partial charge is 0.258 e. The van der Waals surface area contributed by atoms with Crippen LogP contribution in [0, 0.1) is 6.92 Å². The van der Waals surface area contributed by atoms with Crippen molar-refractivity contribution in [2.24, 2.45) is 7.05 Å². The van der Waals surface area contributed by atoms with E-state index in [-0.39, 0.29) is 5.56 Å². The lowest BCUT2D eigenvalue weighted by atomic mass is 10.1. The van der Waals surface area contributed by atoms with E-state index in [1.165, 1.54) is 0 Å². The minimum atomic E-state index is 0.00528. The molecule has 15 heavy (non-hydrogen) atoms. The number of nitrogen functional groups attached to an aromatic ring is 1. The van der Waals surface area contributed by atoms with Gasteiger partial charge in [-0.05, 0) is 41.1 Å². The highest BCUT2D eigenvalue weighted by Crippen LogP contribution is 2.28. The maximum Gasteiger partial charge on any atom is 0.258 e. The molecule has 1 aromatic heterocycles. The molecule has 4 heteroatoms. The molecule has 0 radical (unpaired) electrons. The first kappa shape index (κ1) is 10.2. The Morgan fingerprint density at radius 2 is 2.00 bits per heavy atom. The normalized spacial score (nSPS) is 10.9. The number of fused-ring (bicyclic) bond motifs is 1. The van der Waals surface area contributed by atoms with E-state index in [1.54, 1.807) is 23.7 Å². The van der Waals surface area contributed by atoms with Crippen LogP contribution in [-0.4, -0.2) is 4.57 Å². The molecule has 0 saturated heterocycles. The van der Waals surface area contributed by atoms with Crippen molar-refractivity contribution < 1.29 is 0 Å². The Kier molecular flexibility index (Phi) is 2.31. The van der Waals surface area contributed by atoms with Crippen LogP contribution in [0.4, 0.5) is 5.69 Å². The van der Waals surface area contributed by atoms with Crippen LogP contribution in [0.15, 0.2) is 27.5 Å². The van der Waals surface area contributed by atoms with Crippen LogP contribution < -0.4 is 11.3 Å². The van der Waals surface area contributed by atoms with Crippen molar-refractivity contribution in [3.05, 3.63) is 38.7 Å². The monoisotopic (exact) mass is 266 g/mol. The maximum atomic E-state index is 11.9. The molecule has 0 unspecified atom stereocenters. The molecule has 1 aromatic carbocycles. The average Bonchev–Trinajstić information content (AvgIpc) is 2.21. The van der Waals surface area contributed by atoms with Crippen LogP contribution in [0.2, 0.25) is 0 Å². The predicted molar refractivity (Wildman–Crippen MR) is 66.0 cm³/mol.